The van der Waals surface area contributed by atoms with Gasteiger partial charge in [0.05, 0.1) is 16.3 Å². The third-order valence-corrected chi connectivity index (χ3v) is 3.73. The van der Waals surface area contributed by atoms with Crippen LogP contribution < -0.4 is 34.7 Å². The first-order valence-electron chi connectivity index (χ1n) is 6.05. The number of aryl methyl sites for hydroxylation is 2. The summed E-state index contributed by atoms with van der Waals surface area (Å²) in [5, 5.41) is 19.5. The van der Waals surface area contributed by atoms with E-state index in [4.69, 9.17) is 4.55 Å². The number of rotatable bonds is 3. The quantitative estimate of drug-likeness (QED) is 0.488. The Labute approximate surface area is 151 Å². The van der Waals surface area contributed by atoms with Gasteiger partial charge in [-0.25, -0.2) is 0 Å². The van der Waals surface area contributed by atoms with Crippen molar-refractivity contribution in [1.29, 1.82) is 0 Å². The minimum absolute atomic E-state index is 0. The molecule has 2 aromatic carbocycles. The fraction of sp³-hybridized carbons (Fsp3) is 0.143. The normalized spacial score (nSPS) is 11.4. The van der Waals surface area contributed by atoms with E-state index in [0.717, 1.165) is 0 Å². The van der Waals surface area contributed by atoms with Crippen molar-refractivity contribution in [1.82, 2.24) is 0 Å². The molecule has 0 heterocycles. The van der Waals surface area contributed by atoms with Gasteiger partial charge in [-0.05, 0) is 50.2 Å². The number of hydrogen-bond acceptors (Lipinski definition) is 5. The van der Waals surface area contributed by atoms with E-state index in [2.05, 4.69) is 10.2 Å². The zero-order chi connectivity index (χ0) is 15.6. The standard InChI is InChI=1S/C14H14N2O4S.Na/c1-9-7-12(8-10(2)14(9)17)16-15-11-3-5-13(6-4-11)21(18,19)20;/h3-8,17H,1-2H3,(H,18,19,20);/q;+1/p-1. The Hall–Kier alpha value is -1.25. The van der Waals surface area contributed by atoms with E-state index < -0.39 is 10.1 Å². The zero-order valence-electron chi connectivity index (χ0n) is 12.4. The molecular formula is C14H13N2NaO4S. The molecule has 0 aromatic heterocycles. The van der Waals surface area contributed by atoms with Crippen LogP contribution in [0, 0.1) is 13.8 Å². The average Bonchev–Trinajstić information content (AvgIpc) is 2.42. The molecule has 0 atom stereocenters. The smallest absolute Gasteiger partial charge is 0.872 e. The van der Waals surface area contributed by atoms with E-state index in [1.54, 1.807) is 26.0 Å². The molecule has 1 N–H and O–H groups in total. The van der Waals surface area contributed by atoms with Gasteiger partial charge in [0, 0.05) is 0 Å². The summed E-state index contributed by atoms with van der Waals surface area (Å²) in [5.41, 5.74) is 2.16. The molecule has 0 radical (unpaired) electrons. The number of benzene rings is 2. The fourth-order valence-electron chi connectivity index (χ4n) is 1.79. The second kappa shape index (κ2) is 7.34. The zero-order valence-corrected chi connectivity index (χ0v) is 15.3. The Morgan fingerprint density at radius 2 is 1.41 bits per heavy atom. The van der Waals surface area contributed by atoms with Gasteiger partial charge < -0.3 is 5.11 Å². The molecule has 0 aliphatic rings. The summed E-state index contributed by atoms with van der Waals surface area (Å²) in [4.78, 5) is -0.205. The Morgan fingerprint density at radius 3 is 1.86 bits per heavy atom. The van der Waals surface area contributed by atoms with E-state index in [1.807, 2.05) is 0 Å². The minimum Gasteiger partial charge on any atom is -0.872 e. The summed E-state index contributed by atoms with van der Waals surface area (Å²) in [6, 6.07) is 8.58. The SMILES string of the molecule is Cc1cc(N=Nc2ccc(S(=O)(=O)O)cc2)cc(C)c1[O-].[Na+]. The molecule has 0 unspecified atom stereocenters. The van der Waals surface area contributed by atoms with Crippen molar-refractivity contribution in [2.75, 3.05) is 0 Å². The molecule has 2 rings (SSSR count). The Bertz CT molecular complexity index is 779. The fourth-order valence-corrected chi connectivity index (χ4v) is 2.27. The van der Waals surface area contributed by atoms with E-state index in [0.29, 0.717) is 22.5 Å². The van der Waals surface area contributed by atoms with Gasteiger partial charge in [-0.1, -0.05) is 11.1 Å². The average molecular weight is 328 g/mol. The minimum atomic E-state index is -4.21. The molecule has 0 saturated carbocycles. The van der Waals surface area contributed by atoms with Gasteiger partial charge in [0.1, 0.15) is 0 Å². The molecular weight excluding hydrogens is 315 g/mol. The molecule has 0 saturated heterocycles. The maximum atomic E-state index is 11.6. The Balaban J connectivity index is 0.00000242. The summed E-state index contributed by atoms with van der Waals surface area (Å²) in [6.07, 6.45) is 0. The number of hydrogen-bond donors (Lipinski definition) is 1. The van der Waals surface area contributed by atoms with Gasteiger partial charge >= 0.3 is 29.6 Å². The third-order valence-electron chi connectivity index (χ3n) is 2.86. The van der Waals surface area contributed by atoms with Gasteiger partial charge in [-0.15, -0.1) is 5.75 Å². The first-order chi connectivity index (χ1) is 9.77. The van der Waals surface area contributed by atoms with Crippen molar-refractivity contribution < 1.29 is 47.6 Å². The van der Waals surface area contributed by atoms with Gasteiger partial charge in [0.15, 0.2) is 0 Å². The molecule has 22 heavy (non-hydrogen) atoms. The van der Waals surface area contributed by atoms with Crippen LogP contribution in [0.1, 0.15) is 11.1 Å². The summed E-state index contributed by atoms with van der Waals surface area (Å²) in [5.74, 6) is -0.0218. The molecule has 0 amide bonds. The van der Waals surface area contributed by atoms with Crippen LogP contribution in [0.15, 0.2) is 51.5 Å². The van der Waals surface area contributed by atoms with E-state index in [9.17, 15) is 13.5 Å². The van der Waals surface area contributed by atoms with E-state index in [1.165, 1.54) is 24.3 Å². The number of nitrogens with zero attached hydrogens (tertiary/aromatic N) is 2. The maximum absolute atomic E-state index is 11.6. The molecule has 8 heteroatoms. The van der Waals surface area contributed by atoms with Crippen LogP contribution in [-0.4, -0.2) is 13.0 Å². The first kappa shape index (κ1) is 18.8. The van der Waals surface area contributed by atoms with Crippen LogP contribution in [0.5, 0.6) is 5.75 Å². The number of azo groups is 1. The summed E-state index contributed by atoms with van der Waals surface area (Å²) < 4.78 is 30.7. The van der Waals surface area contributed by atoms with Crippen molar-refractivity contribution in [3.63, 3.8) is 0 Å². The summed E-state index contributed by atoms with van der Waals surface area (Å²) >= 11 is 0. The molecule has 0 bridgehead atoms. The van der Waals surface area contributed by atoms with Gasteiger partial charge in [0.25, 0.3) is 10.1 Å². The van der Waals surface area contributed by atoms with Crippen molar-refractivity contribution in [3.8, 4) is 5.75 Å². The monoisotopic (exact) mass is 328 g/mol. The summed E-state index contributed by atoms with van der Waals surface area (Å²) in [7, 11) is -4.21. The molecule has 6 nitrogen and oxygen atoms in total. The van der Waals surface area contributed by atoms with Gasteiger partial charge in [-0.2, -0.15) is 18.6 Å². The molecule has 2 aromatic rings. The molecule has 110 valence electrons. The molecule has 0 spiro atoms. The van der Waals surface area contributed by atoms with Crippen molar-refractivity contribution in [3.05, 3.63) is 47.5 Å². The van der Waals surface area contributed by atoms with Crippen molar-refractivity contribution in [2.24, 2.45) is 10.2 Å². The maximum Gasteiger partial charge on any atom is 1.00 e. The van der Waals surface area contributed by atoms with Gasteiger partial charge in [-0.3, -0.25) is 4.55 Å². The Morgan fingerprint density at radius 1 is 0.955 bits per heavy atom. The van der Waals surface area contributed by atoms with Crippen LogP contribution in [-0.2, 0) is 10.1 Å². The molecule has 0 aliphatic heterocycles. The third kappa shape index (κ3) is 4.62. The second-order valence-corrected chi connectivity index (χ2v) is 6.00. The first-order valence-corrected chi connectivity index (χ1v) is 7.49. The van der Waals surface area contributed by atoms with Crippen molar-refractivity contribution >= 4 is 21.5 Å². The molecule has 0 aliphatic carbocycles. The Kier molecular flexibility index (Phi) is 6.27. The van der Waals surface area contributed by atoms with Crippen LogP contribution in [0.3, 0.4) is 0 Å². The largest absolute Gasteiger partial charge is 1.00 e. The van der Waals surface area contributed by atoms with Crippen LogP contribution in [0.25, 0.3) is 0 Å². The summed E-state index contributed by atoms with van der Waals surface area (Å²) in [6.45, 7) is 3.41. The van der Waals surface area contributed by atoms with E-state index >= 15 is 0 Å². The van der Waals surface area contributed by atoms with Crippen LogP contribution in [0.4, 0.5) is 11.4 Å². The van der Waals surface area contributed by atoms with E-state index in [-0.39, 0.29) is 40.2 Å². The predicted molar refractivity (Wildman–Crippen MR) is 75.8 cm³/mol. The van der Waals surface area contributed by atoms with Crippen LogP contribution >= 0.6 is 0 Å². The second-order valence-electron chi connectivity index (χ2n) is 4.58. The topological polar surface area (TPSA) is 102 Å². The van der Waals surface area contributed by atoms with Crippen molar-refractivity contribution in [2.45, 2.75) is 18.7 Å². The van der Waals surface area contributed by atoms with Gasteiger partial charge in [0.2, 0.25) is 0 Å². The molecule has 0 fully saturated rings. The predicted octanol–water partition coefficient (Wildman–Crippen LogP) is 0.0431. The van der Waals surface area contributed by atoms with Crippen LogP contribution in [0.2, 0.25) is 0 Å².